The predicted octanol–water partition coefficient (Wildman–Crippen LogP) is 4.67. The summed E-state index contributed by atoms with van der Waals surface area (Å²) < 4.78 is 0. The first kappa shape index (κ1) is 35.7. The topological polar surface area (TPSA) is 162 Å². The highest BCUT2D eigenvalue weighted by Crippen LogP contribution is 2.12. The lowest BCUT2D eigenvalue weighted by Crippen LogP contribution is -2.29. The number of rotatable bonds is 0. The molecule has 1 heterocycles. The molecule has 0 aromatic carbocycles. The number of amides is 4. The zero-order valence-electron chi connectivity index (χ0n) is 24.2. The first-order valence-electron chi connectivity index (χ1n) is 15.2. The number of hydrogen-bond donors (Lipinski definition) is 4. The SMILES string of the molecule is O=C1CCCCCCN(O)C(=O)CCCCCCN(O)C(=O)CCCCCCN(O)C(=O)CCCCCCN1O. The molecular formula is C28H52N4O8. The molecule has 1 aliphatic heterocycles. The van der Waals surface area contributed by atoms with Gasteiger partial charge in [0.05, 0.1) is 0 Å². The maximum Gasteiger partial charge on any atom is 0.245 e. The third-order valence-electron chi connectivity index (χ3n) is 7.19. The molecule has 40 heavy (non-hydrogen) atoms. The molecule has 12 nitrogen and oxygen atoms in total. The van der Waals surface area contributed by atoms with E-state index in [2.05, 4.69) is 0 Å². The number of carbonyl (C=O) groups is 4. The van der Waals surface area contributed by atoms with Gasteiger partial charge in [-0.15, -0.1) is 0 Å². The van der Waals surface area contributed by atoms with Gasteiger partial charge in [0.15, 0.2) is 0 Å². The maximum atomic E-state index is 12.1. The lowest BCUT2D eigenvalue weighted by Gasteiger charge is -2.17. The monoisotopic (exact) mass is 572 g/mol. The fraction of sp³-hybridized carbons (Fsp3) is 0.857. The summed E-state index contributed by atoms with van der Waals surface area (Å²) in [6.07, 6.45) is 11.9. The van der Waals surface area contributed by atoms with Crippen molar-refractivity contribution in [1.29, 1.82) is 0 Å². The summed E-state index contributed by atoms with van der Waals surface area (Å²) in [5.74, 6) is -1.30. The van der Waals surface area contributed by atoms with E-state index >= 15 is 0 Å². The van der Waals surface area contributed by atoms with Crippen LogP contribution in [0, 0.1) is 0 Å². The minimum absolute atomic E-state index is 0.237. The fourth-order valence-electron chi connectivity index (χ4n) is 4.58. The zero-order chi connectivity index (χ0) is 29.6. The summed E-state index contributed by atoms with van der Waals surface area (Å²) in [5, 5.41) is 42.8. The van der Waals surface area contributed by atoms with Gasteiger partial charge in [0.2, 0.25) is 23.6 Å². The highest BCUT2D eigenvalue weighted by Gasteiger charge is 2.14. The third-order valence-corrected chi connectivity index (χ3v) is 7.19. The van der Waals surface area contributed by atoms with Crippen LogP contribution in [0.15, 0.2) is 0 Å². The molecule has 1 fully saturated rings. The van der Waals surface area contributed by atoms with Gasteiger partial charge in [-0.3, -0.25) is 40.0 Å². The van der Waals surface area contributed by atoms with Gasteiger partial charge in [-0.1, -0.05) is 51.4 Å². The van der Waals surface area contributed by atoms with E-state index in [-0.39, 0.29) is 75.5 Å². The smallest absolute Gasteiger partial charge is 0.245 e. The van der Waals surface area contributed by atoms with Crippen molar-refractivity contribution in [1.82, 2.24) is 20.3 Å². The van der Waals surface area contributed by atoms with Crippen molar-refractivity contribution in [2.75, 3.05) is 26.2 Å². The van der Waals surface area contributed by atoms with Crippen molar-refractivity contribution in [3.63, 3.8) is 0 Å². The average Bonchev–Trinajstić information content (AvgIpc) is 2.94. The Hall–Kier alpha value is -2.28. The predicted molar refractivity (Wildman–Crippen MR) is 146 cm³/mol. The molecule has 4 N–H and O–H groups in total. The van der Waals surface area contributed by atoms with Crippen molar-refractivity contribution in [3.8, 4) is 0 Å². The van der Waals surface area contributed by atoms with Crippen LogP contribution in [-0.2, 0) is 19.2 Å². The van der Waals surface area contributed by atoms with Gasteiger partial charge < -0.3 is 0 Å². The minimum atomic E-state index is -0.325. The van der Waals surface area contributed by atoms with Crippen molar-refractivity contribution >= 4 is 23.6 Å². The summed E-state index contributed by atoms with van der Waals surface area (Å²) >= 11 is 0. The summed E-state index contributed by atoms with van der Waals surface area (Å²) in [5.41, 5.74) is 0. The van der Waals surface area contributed by atoms with Crippen molar-refractivity contribution in [2.45, 2.75) is 128 Å². The molecule has 4 amide bonds. The van der Waals surface area contributed by atoms with Gasteiger partial charge >= 0.3 is 0 Å². The largest absolute Gasteiger partial charge is 0.286 e. The molecule has 0 spiro atoms. The molecule has 12 heteroatoms. The molecule has 0 aromatic rings. The average molecular weight is 573 g/mol. The number of carbonyl (C=O) groups excluding carboxylic acids is 4. The third kappa shape index (κ3) is 17.4. The molecule has 232 valence electrons. The van der Waals surface area contributed by atoms with Crippen LogP contribution in [0.25, 0.3) is 0 Å². The highest BCUT2D eigenvalue weighted by molar-refractivity contribution is 5.75. The second-order valence-electron chi connectivity index (χ2n) is 10.7. The van der Waals surface area contributed by atoms with Gasteiger partial charge in [0.25, 0.3) is 0 Å². The molecule has 0 aromatic heterocycles. The zero-order valence-corrected chi connectivity index (χ0v) is 24.2. The van der Waals surface area contributed by atoms with E-state index in [4.69, 9.17) is 0 Å². The second kappa shape index (κ2) is 22.4. The van der Waals surface area contributed by atoms with Gasteiger partial charge in [-0.25, -0.2) is 20.3 Å². The Morgan fingerprint density at radius 3 is 0.675 bits per heavy atom. The van der Waals surface area contributed by atoms with E-state index < -0.39 is 0 Å². The van der Waals surface area contributed by atoms with Crippen LogP contribution in [-0.4, -0.2) is 90.9 Å². The van der Waals surface area contributed by atoms with Gasteiger partial charge in [-0.05, 0) is 51.4 Å². The molecule has 1 aliphatic rings. The van der Waals surface area contributed by atoms with Gasteiger partial charge in [-0.2, -0.15) is 0 Å². The van der Waals surface area contributed by atoms with Crippen LogP contribution in [0.3, 0.4) is 0 Å². The van der Waals surface area contributed by atoms with Crippen molar-refractivity contribution in [2.24, 2.45) is 0 Å². The Morgan fingerprint density at radius 1 is 0.300 bits per heavy atom. The van der Waals surface area contributed by atoms with E-state index in [9.17, 15) is 40.0 Å². The highest BCUT2D eigenvalue weighted by atomic mass is 16.5. The maximum absolute atomic E-state index is 12.1. The van der Waals surface area contributed by atoms with Crippen LogP contribution in [0.1, 0.15) is 128 Å². The normalized spacial score (nSPS) is 22.1. The van der Waals surface area contributed by atoms with E-state index in [0.29, 0.717) is 51.4 Å². The first-order valence-corrected chi connectivity index (χ1v) is 15.2. The summed E-state index contributed by atoms with van der Waals surface area (Å²) in [6, 6.07) is 0. The van der Waals surface area contributed by atoms with E-state index in [0.717, 1.165) is 71.6 Å². The second-order valence-corrected chi connectivity index (χ2v) is 10.7. The molecule has 0 atom stereocenters. The van der Waals surface area contributed by atoms with Crippen LogP contribution in [0.2, 0.25) is 0 Å². The first-order chi connectivity index (χ1) is 19.2. The van der Waals surface area contributed by atoms with E-state index in [1.807, 2.05) is 0 Å². The molecule has 0 bridgehead atoms. The molecular weight excluding hydrogens is 520 g/mol. The van der Waals surface area contributed by atoms with Crippen LogP contribution >= 0.6 is 0 Å². The molecule has 0 aliphatic carbocycles. The molecule has 0 unspecified atom stereocenters. The molecule has 0 radical (unpaired) electrons. The Kier molecular flexibility index (Phi) is 20.0. The van der Waals surface area contributed by atoms with Crippen molar-refractivity contribution < 1.29 is 40.0 Å². The summed E-state index contributed by atoms with van der Waals surface area (Å²) in [6.45, 7) is 0.954. The van der Waals surface area contributed by atoms with Crippen LogP contribution < -0.4 is 0 Å². The molecule has 1 saturated heterocycles. The number of hydroxylamine groups is 8. The quantitative estimate of drug-likeness (QED) is 0.304. The lowest BCUT2D eigenvalue weighted by molar-refractivity contribution is -0.166. The standard InChI is InChI=1S/C28H52N4O8/c33-25-17-9-1-5-13-21-29(37)26(34)18-10-3-7-15-23-31(39)28(36)20-12-4-8-16-24-32(40)27(35)19-11-2-6-14-22-30(25)38/h37-40H,1-24H2. The molecule has 1 rings (SSSR count). The fourth-order valence-corrected chi connectivity index (χ4v) is 4.58. The number of hydrogen-bond acceptors (Lipinski definition) is 8. The van der Waals surface area contributed by atoms with E-state index in [1.54, 1.807) is 0 Å². The Bertz CT molecular complexity index is 619. The number of nitrogens with zero attached hydrogens (tertiary/aromatic N) is 4. The summed E-state index contributed by atoms with van der Waals surface area (Å²) in [4.78, 5) is 48.3. The van der Waals surface area contributed by atoms with Crippen molar-refractivity contribution in [3.05, 3.63) is 0 Å². The van der Waals surface area contributed by atoms with E-state index in [1.165, 1.54) is 0 Å². The van der Waals surface area contributed by atoms with Gasteiger partial charge in [0, 0.05) is 51.9 Å². The lowest BCUT2D eigenvalue weighted by atomic mass is 10.1. The Labute approximate surface area is 238 Å². The summed E-state index contributed by atoms with van der Waals surface area (Å²) in [7, 11) is 0. The molecule has 0 saturated carbocycles. The minimum Gasteiger partial charge on any atom is -0.286 e. The Morgan fingerprint density at radius 2 is 0.475 bits per heavy atom. The Balaban J connectivity index is 2.43. The van der Waals surface area contributed by atoms with Crippen LogP contribution in [0.4, 0.5) is 0 Å². The van der Waals surface area contributed by atoms with Gasteiger partial charge in [0.1, 0.15) is 0 Å². The van der Waals surface area contributed by atoms with Crippen LogP contribution in [0.5, 0.6) is 0 Å².